The second-order valence-corrected chi connectivity index (χ2v) is 12.2. The number of benzene rings is 2. The Hall–Kier alpha value is -5.03. The number of carbonyl (C=O) groups is 1. The van der Waals surface area contributed by atoms with Crippen LogP contribution in [0.3, 0.4) is 0 Å². The highest BCUT2D eigenvalue weighted by Crippen LogP contribution is 2.38. The lowest BCUT2D eigenvalue weighted by atomic mass is 9.95. The van der Waals surface area contributed by atoms with Gasteiger partial charge >= 0.3 is 0 Å². The topological polar surface area (TPSA) is 98.3 Å². The molecule has 252 valence electrons. The van der Waals surface area contributed by atoms with E-state index in [1.807, 2.05) is 31.6 Å². The van der Waals surface area contributed by atoms with Crippen LogP contribution in [0.25, 0.3) is 11.0 Å². The minimum atomic E-state index is -0.114. The lowest BCUT2D eigenvalue weighted by Gasteiger charge is -2.28. The van der Waals surface area contributed by atoms with E-state index in [1.165, 1.54) is 5.56 Å². The number of pyridine rings is 1. The van der Waals surface area contributed by atoms with E-state index in [0.717, 1.165) is 68.1 Å². The third-order valence-corrected chi connectivity index (χ3v) is 9.15. The molecule has 2 aromatic carbocycles. The molecule has 0 N–H and O–H groups in total. The summed E-state index contributed by atoms with van der Waals surface area (Å²) in [6.07, 6.45) is 9.10. The molecule has 0 aliphatic carbocycles. The number of hydrogen-bond donors (Lipinski definition) is 0. The van der Waals surface area contributed by atoms with Crippen LogP contribution in [0.1, 0.15) is 40.2 Å². The summed E-state index contributed by atoms with van der Waals surface area (Å²) in [5.41, 5.74) is 4.89. The fourth-order valence-corrected chi connectivity index (χ4v) is 6.60. The van der Waals surface area contributed by atoms with Gasteiger partial charge in [-0.25, -0.2) is 4.98 Å². The molecule has 4 heterocycles. The van der Waals surface area contributed by atoms with Crippen LogP contribution in [0.15, 0.2) is 83.9 Å². The number of hydrogen-bond acceptors (Lipinski definition) is 9. The van der Waals surface area contributed by atoms with E-state index >= 15 is 0 Å². The number of methoxy groups -OCH3 is 3. The fourth-order valence-electron chi connectivity index (χ4n) is 6.60. The highest BCUT2D eigenvalue weighted by atomic mass is 16.5. The van der Waals surface area contributed by atoms with Crippen LogP contribution in [0.2, 0.25) is 0 Å². The summed E-state index contributed by atoms with van der Waals surface area (Å²) < 4.78 is 24.1. The predicted octanol–water partition coefficient (Wildman–Crippen LogP) is 5.56. The lowest BCUT2D eigenvalue weighted by Crippen LogP contribution is -2.35. The van der Waals surface area contributed by atoms with Gasteiger partial charge in [0, 0.05) is 62.7 Å². The van der Waals surface area contributed by atoms with Gasteiger partial charge in [0.2, 0.25) is 11.7 Å². The first-order valence-corrected chi connectivity index (χ1v) is 16.4. The summed E-state index contributed by atoms with van der Waals surface area (Å²) in [5, 5.41) is 0. The minimum absolute atomic E-state index is 0.114. The van der Waals surface area contributed by atoms with Crippen molar-refractivity contribution in [2.24, 2.45) is 0 Å². The van der Waals surface area contributed by atoms with Crippen molar-refractivity contribution in [3.63, 3.8) is 0 Å². The molecule has 0 radical (unpaired) electrons. The summed E-state index contributed by atoms with van der Waals surface area (Å²) in [6.45, 7) is 5.93. The van der Waals surface area contributed by atoms with E-state index in [1.54, 1.807) is 50.9 Å². The zero-order chi connectivity index (χ0) is 33.5. The van der Waals surface area contributed by atoms with Crippen LogP contribution in [-0.4, -0.2) is 97.9 Å². The Balaban J connectivity index is 1.14. The molecule has 1 aliphatic rings. The fraction of sp³-hybridized carbons (Fsp3) is 0.378. The van der Waals surface area contributed by atoms with E-state index in [9.17, 15) is 4.79 Å². The molecule has 1 atom stereocenters. The Bertz CT molecular complexity index is 1770. The van der Waals surface area contributed by atoms with Gasteiger partial charge < -0.3 is 37.9 Å². The van der Waals surface area contributed by atoms with Gasteiger partial charge in [0.1, 0.15) is 0 Å². The first-order valence-electron chi connectivity index (χ1n) is 16.4. The molecular weight excluding hydrogens is 608 g/mol. The SMILES string of the molecule is COc1cc(C(=O)N(C)CC(CCN2CCCN(c3nc4ccccc4n3Cc3ccoc3)CC2)c2ccncc2)cc(OC)c1OC. The Labute approximate surface area is 281 Å². The van der Waals surface area contributed by atoms with Gasteiger partial charge in [0.15, 0.2) is 11.5 Å². The molecule has 0 bridgehead atoms. The van der Waals surface area contributed by atoms with Gasteiger partial charge in [-0.15, -0.1) is 0 Å². The molecule has 1 amide bonds. The maximum atomic E-state index is 13.7. The van der Waals surface area contributed by atoms with Crippen molar-refractivity contribution in [1.82, 2.24) is 24.3 Å². The smallest absolute Gasteiger partial charge is 0.253 e. The Kier molecular flexibility index (Phi) is 10.4. The number of amides is 1. The maximum absolute atomic E-state index is 13.7. The second-order valence-electron chi connectivity index (χ2n) is 12.2. The van der Waals surface area contributed by atoms with Crippen molar-refractivity contribution in [2.75, 3.05) is 72.5 Å². The Morgan fingerprint density at radius 3 is 2.44 bits per heavy atom. The number of furan rings is 1. The number of nitrogens with zero attached hydrogens (tertiary/aromatic N) is 6. The number of anilines is 1. The average Bonchev–Trinajstić information content (AvgIpc) is 3.71. The van der Waals surface area contributed by atoms with Crippen molar-refractivity contribution >= 4 is 22.9 Å². The molecule has 11 heteroatoms. The van der Waals surface area contributed by atoms with Crippen molar-refractivity contribution in [1.29, 1.82) is 0 Å². The third-order valence-electron chi connectivity index (χ3n) is 9.15. The molecule has 6 rings (SSSR count). The number of fused-ring (bicyclic) bond motifs is 1. The number of rotatable bonds is 13. The van der Waals surface area contributed by atoms with Gasteiger partial charge in [-0.3, -0.25) is 9.78 Å². The highest BCUT2D eigenvalue weighted by molar-refractivity contribution is 5.95. The molecular formula is C37H44N6O5. The normalized spacial score (nSPS) is 14.5. The van der Waals surface area contributed by atoms with Crippen molar-refractivity contribution < 1.29 is 23.4 Å². The number of aromatic nitrogens is 3. The monoisotopic (exact) mass is 652 g/mol. The number of ether oxygens (including phenoxy) is 3. The van der Waals surface area contributed by atoms with Crippen LogP contribution in [0.4, 0.5) is 5.95 Å². The summed E-state index contributed by atoms with van der Waals surface area (Å²) in [4.78, 5) is 29.8. The molecule has 11 nitrogen and oxygen atoms in total. The molecule has 0 saturated carbocycles. The first-order chi connectivity index (χ1) is 23.5. The van der Waals surface area contributed by atoms with Crippen LogP contribution < -0.4 is 19.1 Å². The Morgan fingerprint density at radius 2 is 1.73 bits per heavy atom. The average molecular weight is 653 g/mol. The van der Waals surface area contributed by atoms with E-state index < -0.39 is 0 Å². The number of carbonyl (C=O) groups excluding carboxylic acids is 1. The van der Waals surface area contributed by atoms with Gasteiger partial charge in [0.25, 0.3) is 5.91 Å². The van der Waals surface area contributed by atoms with Crippen molar-refractivity contribution in [3.8, 4) is 17.2 Å². The molecule has 3 aromatic heterocycles. The highest BCUT2D eigenvalue weighted by Gasteiger charge is 2.25. The first kappa shape index (κ1) is 32.9. The largest absolute Gasteiger partial charge is 0.493 e. The maximum Gasteiger partial charge on any atom is 0.253 e. The molecule has 1 saturated heterocycles. The summed E-state index contributed by atoms with van der Waals surface area (Å²) >= 11 is 0. The quantitative estimate of drug-likeness (QED) is 0.162. The minimum Gasteiger partial charge on any atom is -0.493 e. The molecule has 1 fully saturated rings. The summed E-state index contributed by atoms with van der Waals surface area (Å²) in [5.74, 6) is 2.37. The predicted molar refractivity (Wildman–Crippen MR) is 185 cm³/mol. The lowest BCUT2D eigenvalue weighted by molar-refractivity contribution is 0.0782. The number of likely N-dealkylation sites (N-methyl/N-ethyl adjacent to an activating group) is 1. The third kappa shape index (κ3) is 7.26. The van der Waals surface area contributed by atoms with Crippen molar-refractivity contribution in [3.05, 3.63) is 96.2 Å². The van der Waals surface area contributed by atoms with Gasteiger partial charge in [-0.2, -0.15) is 0 Å². The molecule has 1 aliphatic heterocycles. The molecule has 48 heavy (non-hydrogen) atoms. The molecule has 5 aromatic rings. The van der Waals surface area contributed by atoms with E-state index in [2.05, 4.69) is 49.7 Å². The number of para-hydroxylation sites is 2. The standard InChI is InChI=1S/C37H44N6O5/c1-40(36(44)30-22-33(45-2)35(47-4)34(23-30)46-3)25-29(28-10-14-38-15-11-28)12-18-41-16-7-17-42(20-19-41)37-39-31-8-5-6-9-32(31)43(37)24-27-13-21-48-26-27/h5-6,8-11,13-15,21-23,26,29H,7,12,16-20,24-25H2,1-4H3. The van der Waals surface area contributed by atoms with Gasteiger partial charge in [-0.1, -0.05) is 12.1 Å². The zero-order valence-electron chi connectivity index (χ0n) is 28.2. The zero-order valence-corrected chi connectivity index (χ0v) is 28.2. The molecule has 1 unspecified atom stereocenters. The summed E-state index contributed by atoms with van der Waals surface area (Å²) in [7, 11) is 6.50. The van der Waals surface area contributed by atoms with Crippen LogP contribution in [0.5, 0.6) is 17.2 Å². The van der Waals surface area contributed by atoms with Crippen LogP contribution >= 0.6 is 0 Å². The number of imidazole rings is 1. The van der Waals surface area contributed by atoms with E-state index in [-0.39, 0.29) is 11.8 Å². The summed E-state index contributed by atoms with van der Waals surface area (Å²) in [6, 6.07) is 17.9. The van der Waals surface area contributed by atoms with Crippen molar-refractivity contribution in [2.45, 2.75) is 25.3 Å². The van der Waals surface area contributed by atoms with E-state index in [0.29, 0.717) is 35.9 Å². The molecule has 0 spiro atoms. The van der Waals surface area contributed by atoms with Crippen LogP contribution in [-0.2, 0) is 6.54 Å². The second kappa shape index (κ2) is 15.2. The Morgan fingerprint density at radius 1 is 0.958 bits per heavy atom. The van der Waals surface area contributed by atoms with E-state index in [4.69, 9.17) is 23.6 Å². The van der Waals surface area contributed by atoms with Crippen LogP contribution in [0, 0.1) is 0 Å². The van der Waals surface area contributed by atoms with Gasteiger partial charge in [0.05, 0.1) is 51.4 Å². The van der Waals surface area contributed by atoms with Gasteiger partial charge in [-0.05, 0) is 74.0 Å².